The predicted octanol–water partition coefficient (Wildman–Crippen LogP) is 3.09. The van der Waals surface area contributed by atoms with Crippen LogP contribution in [0.15, 0.2) is 59.0 Å². The molecule has 0 bridgehead atoms. The third-order valence-electron chi connectivity index (χ3n) is 5.78. The van der Waals surface area contributed by atoms with Crippen LogP contribution in [0.5, 0.6) is 0 Å². The molecule has 3 atom stereocenters. The fourth-order valence-electron chi connectivity index (χ4n) is 4.36. The van der Waals surface area contributed by atoms with Gasteiger partial charge in [-0.25, -0.2) is 9.19 Å². The first-order valence-corrected chi connectivity index (χ1v) is 11.8. The Labute approximate surface area is 176 Å². The van der Waals surface area contributed by atoms with E-state index < -0.39 is 11.0 Å². The molecule has 5 rings (SSSR count). The minimum atomic E-state index is -1.33. The number of benzene rings is 1. The van der Waals surface area contributed by atoms with Gasteiger partial charge in [0, 0.05) is 30.4 Å². The van der Waals surface area contributed by atoms with Crippen molar-refractivity contribution in [2.45, 2.75) is 31.3 Å². The monoisotopic (exact) mass is 426 g/mol. The summed E-state index contributed by atoms with van der Waals surface area (Å²) in [6, 6.07) is 8.35. The molecule has 1 aliphatic carbocycles. The Morgan fingerprint density at radius 1 is 1.21 bits per heavy atom. The van der Waals surface area contributed by atoms with Gasteiger partial charge in [-0.1, -0.05) is 30.4 Å². The number of carbonyl (C=O) groups excluding carboxylic acids is 1. The predicted molar refractivity (Wildman–Crippen MR) is 117 cm³/mol. The van der Waals surface area contributed by atoms with E-state index in [-0.39, 0.29) is 18.0 Å². The Balaban J connectivity index is 1.23. The SMILES string of the molecule is O=C1[C@@H](N2CCc3ccccc32)CCN1C1C=CC(S(=O)Nc2nccs2)=CC1. The quantitative estimate of drug-likeness (QED) is 0.798. The molecule has 1 N–H and O–H groups in total. The smallest absolute Gasteiger partial charge is 0.245 e. The number of amides is 1. The highest BCUT2D eigenvalue weighted by molar-refractivity contribution is 7.90. The molecular formula is C21H22N4O2S2. The highest BCUT2D eigenvalue weighted by atomic mass is 32.2. The average Bonchev–Trinajstić information content (AvgIpc) is 3.48. The summed E-state index contributed by atoms with van der Waals surface area (Å²) in [5.41, 5.74) is 2.54. The molecule has 1 aromatic carbocycles. The number of aromatic nitrogens is 1. The Morgan fingerprint density at radius 2 is 2.10 bits per heavy atom. The van der Waals surface area contributed by atoms with E-state index in [0.717, 1.165) is 30.8 Å². The van der Waals surface area contributed by atoms with Gasteiger partial charge in [0.2, 0.25) is 5.91 Å². The lowest BCUT2D eigenvalue weighted by molar-refractivity contribution is -0.130. The van der Waals surface area contributed by atoms with Crippen molar-refractivity contribution in [1.82, 2.24) is 9.88 Å². The number of likely N-dealkylation sites (tertiary alicyclic amines) is 1. The van der Waals surface area contributed by atoms with Gasteiger partial charge in [-0.2, -0.15) is 0 Å². The number of fused-ring (bicyclic) bond motifs is 1. The zero-order valence-electron chi connectivity index (χ0n) is 15.9. The van der Waals surface area contributed by atoms with E-state index in [1.807, 2.05) is 34.6 Å². The van der Waals surface area contributed by atoms with Crippen molar-refractivity contribution in [3.05, 3.63) is 64.5 Å². The number of thiazole rings is 1. The molecule has 0 spiro atoms. The van der Waals surface area contributed by atoms with Crippen LogP contribution < -0.4 is 9.62 Å². The summed E-state index contributed by atoms with van der Waals surface area (Å²) in [5.74, 6) is 0.204. The third-order valence-corrected chi connectivity index (χ3v) is 7.71. The van der Waals surface area contributed by atoms with Crippen molar-refractivity contribution < 1.29 is 9.00 Å². The number of hydrogen-bond donors (Lipinski definition) is 1. The van der Waals surface area contributed by atoms with E-state index in [2.05, 4.69) is 32.8 Å². The van der Waals surface area contributed by atoms with Crippen LogP contribution in [-0.2, 0) is 22.2 Å². The number of allylic oxidation sites excluding steroid dienone is 1. The third kappa shape index (κ3) is 3.51. The Bertz CT molecular complexity index is 1000. The van der Waals surface area contributed by atoms with Crippen molar-refractivity contribution in [2.75, 3.05) is 22.7 Å². The molecule has 3 aliphatic rings. The van der Waals surface area contributed by atoms with Crippen LogP contribution in [-0.4, -0.2) is 45.2 Å². The highest BCUT2D eigenvalue weighted by Gasteiger charge is 2.40. The maximum absolute atomic E-state index is 13.2. The van der Waals surface area contributed by atoms with E-state index in [4.69, 9.17) is 0 Å². The number of carbonyl (C=O) groups is 1. The minimum Gasteiger partial charge on any atom is -0.359 e. The molecule has 2 aromatic rings. The summed E-state index contributed by atoms with van der Waals surface area (Å²) < 4.78 is 15.4. The number of anilines is 2. The van der Waals surface area contributed by atoms with E-state index in [9.17, 15) is 9.00 Å². The van der Waals surface area contributed by atoms with Gasteiger partial charge in [-0.05, 0) is 37.0 Å². The summed E-state index contributed by atoms with van der Waals surface area (Å²) in [7, 11) is -1.33. The lowest BCUT2D eigenvalue weighted by atomic mass is 10.1. The molecule has 2 aliphatic heterocycles. The van der Waals surface area contributed by atoms with Crippen molar-refractivity contribution in [2.24, 2.45) is 0 Å². The molecule has 3 heterocycles. The molecule has 6 nitrogen and oxygen atoms in total. The number of nitrogens with one attached hydrogen (secondary N) is 1. The number of rotatable bonds is 5. The van der Waals surface area contributed by atoms with Crippen LogP contribution in [0.1, 0.15) is 18.4 Å². The highest BCUT2D eigenvalue weighted by Crippen LogP contribution is 2.34. The molecule has 1 aromatic heterocycles. The first-order valence-electron chi connectivity index (χ1n) is 9.82. The van der Waals surface area contributed by atoms with Crippen LogP contribution in [0, 0.1) is 0 Å². The molecule has 8 heteroatoms. The van der Waals surface area contributed by atoms with Gasteiger partial charge < -0.3 is 9.80 Å². The van der Waals surface area contributed by atoms with Gasteiger partial charge in [-0.3, -0.25) is 9.52 Å². The van der Waals surface area contributed by atoms with Crippen molar-refractivity contribution in [3.63, 3.8) is 0 Å². The van der Waals surface area contributed by atoms with Crippen LogP contribution in [0.25, 0.3) is 0 Å². The fourth-order valence-corrected chi connectivity index (χ4v) is 5.93. The van der Waals surface area contributed by atoms with Gasteiger partial charge >= 0.3 is 0 Å². The second kappa shape index (κ2) is 7.76. The van der Waals surface area contributed by atoms with Crippen LogP contribution in [0.3, 0.4) is 0 Å². The maximum Gasteiger partial charge on any atom is 0.245 e. The summed E-state index contributed by atoms with van der Waals surface area (Å²) >= 11 is 1.42. The molecule has 0 saturated carbocycles. The minimum absolute atomic E-state index is 0.0333. The second-order valence-electron chi connectivity index (χ2n) is 7.38. The number of hydrogen-bond acceptors (Lipinski definition) is 5. The zero-order chi connectivity index (χ0) is 19.8. The van der Waals surface area contributed by atoms with E-state index in [0.29, 0.717) is 11.6 Å². The van der Waals surface area contributed by atoms with Crippen LogP contribution >= 0.6 is 11.3 Å². The molecule has 1 fully saturated rings. The maximum atomic E-state index is 13.2. The van der Waals surface area contributed by atoms with Gasteiger partial charge in [-0.15, -0.1) is 11.3 Å². The lowest BCUT2D eigenvalue weighted by Gasteiger charge is -2.29. The standard InChI is InChI=1S/C21H22N4O2S2/c26-20-19(25-12-9-15-3-1-2-4-18(15)25)10-13-24(20)16-5-7-17(8-6-16)29(27)23-21-22-11-14-28-21/h1-5,7-8,11,14,16,19H,6,9-10,12-13H2,(H,22,23)/t16?,19-,29?/m0/s1. The Morgan fingerprint density at radius 3 is 2.90 bits per heavy atom. The zero-order valence-corrected chi connectivity index (χ0v) is 17.5. The lowest BCUT2D eigenvalue weighted by Crippen LogP contribution is -2.44. The Hall–Kier alpha value is -2.45. The summed E-state index contributed by atoms with van der Waals surface area (Å²) in [6.07, 6.45) is 10.1. The average molecular weight is 427 g/mol. The Kier molecular flexibility index (Phi) is 4.97. The van der Waals surface area contributed by atoms with Gasteiger partial charge in [0.15, 0.2) is 16.1 Å². The summed E-state index contributed by atoms with van der Waals surface area (Å²) in [5, 5.41) is 2.48. The fraction of sp³-hybridized carbons (Fsp3) is 0.333. The van der Waals surface area contributed by atoms with E-state index >= 15 is 0 Å². The van der Waals surface area contributed by atoms with Crippen molar-refractivity contribution in [1.29, 1.82) is 0 Å². The van der Waals surface area contributed by atoms with Crippen molar-refractivity contribution in [3.8, 4) is 0 Å². The molecule has 29 heavy (non-hydrogen) atoms. The topological polar surface area (TPSA) is 65.5 Å². The molecule has 2 unspecified atom stereocenters. The number of nitrogens with zero attached hydrogens (tertiary/aromatic N) is 3. The van der Waals surface area contributed by atoms with Gasteiger partial charge in [0.25, 0.3) is 0 Å². The summed E-state index contributed by atoms with van der Waals surface area (Å²) in [4.78, 5) is 22.3. The van der Waals surface area contributed by atoms with Gasteiger partial charge in [0.1, 0.15) is 6.04 Å². The van der Waals surface area contributed by atoms with E-state index in [1.54, 1.807) is 6.20 Å². The largest absolute Gasteiger partial charge is 0.359 e. The van der Waals surface area contributed by atoms with Gasteiger partial charge in [0.05, 0.1) is 10.9 Å². The van der Waals surface area contributed by atoms with Crippen LogP contribution in [0.4, 0.5) is 10.8 Å². The molecule has 1 saturated heterocycles. The molecule has 1 amide bonds. The normalized spacial score (nSPS) is 24.6. The first-order chi connectivity index (χ1) is 14.2. The second-order valence-corrected chi connectivity index (χ2v) is 9.49. The molecule has 0 radical (unpaired) electrons. The van der Waals surface area contributed by atoms with Crippen molar-refractivity contribution >= 4 is 39.0 Å². The summed E-state index contributed by atoms with van der Waals surface area (Å²) in [6.45, 7) is 1.68. The van der Waals surface area contributed by atoms with Crippen LogP contribution in [0.2, 0.25) is 0 Å². The first kappa shape index (κ1) is 18.6. The van der Waals surface area contributed by atoms with E-state index in [1.165, 1.54) is 22.6 Å². The molecule has 150 valence electrons. The number of para-hydroxylation sites is 1. The molecular weight excluding hydrogens is 404 g/mol.